The molecule has 1 aliphatic heterocycles. The van der Waals surface area contributed by atoms with E-state index in [9.17, 15) is 14.4 Å². The molecule has 0 saturated heterocycles. The van der Waals surface area contributed by atoms with Crippen LogP contribution in [0.25, 0.3) is 21.8 Å². The Kier molecular flexibility index (Phi) is 6.35. The molecule has 3 aromatic carbocycles. The second-order valence-electron chi connectivity index (χ2n) is 9.73. The highest BCUT2D eigenvalue weighted by Gasteiger charge is 2.37. The molecule has 2 heterocycles. The lowest BCUT2D eigenvalue weighted by atomic mass is 9.85. The Balaban J connectivity index is 1.56. The number of carbonyl (C=O) groups excluding carboxylic acids is 2. The summed E-state index contributed by atoms with van der Waals surface area (Å²) >= 11 is 0. The van der Waals surface area contributed by atoms with Crippen LogP contribution < -0.4 is 15.6 Å². The second-order valence-corrected chi connectivity index (χ2v) is 9.73. The number of fused-ring (bicyclic) bond motifs is 3. The fourth-order valence-electron chi connectivity index (χ4n) is 5.35. The second kappa shape index (κ2) is 9.61. The molecule has 1 N–H and O–H groups in total. The topological polar surface area (TPSA) is 71.4 Å². The average molecular weight is 482 g/mol. The highest BCUT2D eigenvalue weighted by atomic mass is 16.2. The quantitative estimate of drug-likeness (QED) is 0.409. The number of rotatable bonds is 5. The monoisotopic (exact) mass is 481 g/mol. The highest BCUT2D eigenvalue weighted by molar-refractivity contribution is 6.00. The van der Waals surface area contributed by atoms with E-state index in [-0.39, 0.29) is 41.8 Å². The van der Waals surface area contributed by atoms with Crippen molar-refractivity contribution in [1.82, 2.24) is 9.88 Å². The number of pyridine rings is 1. The fraction of sp³-hybridized carbons (Fsp3) is 0.300. The van der Waals surface area contributed by atoms with Gasteiger partial charge in [0.25, 0.3) is 0 Å². The van der Waals surface area contributed by atoms with Crippen LogP contribution in [0.5, 0.6) is 0 Å². The third kappa shape index (κ3) is 4.06. The summed E-state index contributed by atoms with van der Waals surface area (Å²) in [5.41, 5.74) is 3.09. The molecule has 0 radical (unpaired) electrons. The van der Waals surface area contributed by atoms with Crippen molar-refractivity contribution in [3.8, 4) is 0 Å². The van der Waals surface area contributed by atoms with E-state index in [1.807, 2.05) is 103 Å². The molecule has 5 rings (SSSR count). The number of para-hydroxylation sites is 3. The van der Waals surface area contributed by atoms with Gasteiger partial charge in [-0.25, -0.2) is 0 Å². The molecule has 0 aliphatic carbocycles. The van der Waals surface area contributed by atoms with Gasteiger partial charge in [0.05, 0.1) is 17.0 Å². The van der Waals surface area contributed by atoms with Gasteiger partial charge < -0.3 is 14.8 Å². The van der Waals surface area contributed by atoms with Crippen molar-refractivity contribution in [3.63, 3.8) is 0 Å². The minimum atomic E-state index is -0.302. The van der Waals surface area contributed by atoms with Crippen LogP contribution in [-0.2, 0) is 16.1 Å². The first-order chi connectivity index (χ1) is 17.4. The van der Waals surface area contributed by atoms with Crippen molar-refractivity contribution >= 4 is 39.3 Å². The zero-order valence-corrected chi connectivity index (χ0v) is 20.9. The Labute approximate surface area is 210 Å². The van der Waals surface area contributed by atoms with E-state index < -0.39 is 0 Å². The number of benzene rings is 3. The van der Waals surface area contributed by atoms with Gasteiger partial charge in [-0.15, -0.1) is 0 Å². The predicted octanol–water partition coefficient (Wildman–Crippen LogP) is 4.98. The predicted molar refractivity (Wildman–Crippen MR) is 144 cm³/mol. The Morgan fingerprint density at radius 1 is 0.944 bits per heavy atom. The summed E-state index contributed by atoms with van der Waals surface area (Å²) in [6, 6.07) is 22.5. The lowest BCUT2D eigenvalue weighted by molar-refractivity contribution is -0.124. The van der Waals surface area contributed by atoms with Crippen LogP contribution in [0.4, 0.5) is 5.69 Å². The summed E-state index contributed by atoms with van der Waals surface area (Å²) in [7, 11) is 0. The SMILES string of the molecule is CC[C@H](C)NC(=O)[C@@H]1C[C@@H](C)N(C(=O)Cn2c3ccccc3c(=O)c3ccccc32)c2ccccc21. The third-order valence-corrected chi connectivity index (χ3v) is 7.35. The number of carbonyl (C=O) groups is 2. The largest absolute Gasteiger partial charge is 0.353 e. The number of hydrogen-bond donors (Lipinski definition) is 1. The molecular weight excluding hydrogens is 450 g/mol. The maximum absolute atomic E-state index is 13.9. The van der Waals surface area contributed by atoms with Crippen LogP contribution in [0.15, 0.2) is 77.6 Å². The van der Waals surface area contributed by atoms with E-state index in [4.69, 9.17) is 0 Å². The smallest absolute Gasteiger partial charge is 0.247 e. The van der Waals surface area contributed by atoms with Crippen LogP contribution in [0, 0.1) is 0 Å². The molecule has 0 bridgehead atoms. The molecule has 2 amide bonds. The summed E-state index contributed by atoms with van der Waals surface area (Å²) in [5.74, 6) is -0.369. The number of nitrogens with one attached hydrogen (secondary N) is 1. The Hall–Kier alpha value is -3.93. The van der Waals surface area contributed by atoms with Gasteiger partial charge >= 0.3 is 0 Å². The standard InChI is InChI=1S/C30H31N3O3/c1-4-19(2)31-30(36)24-17-20(3)33(27-16-10-5-11-21(24)27)28(34)18-32-25-14-8-6-12-22(25)29(35)23-13-7-9-15-26(23)32/h5-16,19-20,24H,4,17-18H2,1-3H3,(H,31,36)/t19-,20+,24+/m0/s1. The molecular formula is C30H31N3O3. The maximum atomic E-state index is 13.9. The summed E-state index contributed by atoms with van der Waals surface area (Å²) in [6.45, 7) is 6.14. The number of amides is 2. The maximum Gasteiger partial charge on any atom is 0.247 e. The molecule has 0 saturated carbocycles. The number of aromatic nitrogens is 1. The van der Waals surface area contributed by atoms with Crippen LogP contribution in [0.1, 0.15) is 45.1 Å². The van der Waals surface area contributed by atoms with Crippen LogP contribution in [0.3, 0.4) is 0 Å². The highest BCUT2D eigenvalue weighted by Crippen LogP contribution is 2.39. The van der Waals surface area contributed by atoms with E-state index in [2.05, 4.69) is 5.32 Å². The summed E-state index contributed by atoms with van der Waals surface area (Å²) in [4.78, 5) is 42.0. The van der Waals surface area contributed by atoms with Gasteiger partial charge in [-0.2, -0.15) is 0 Å². The van der Waals surface area contributed by atoms with E-state index in [0.717, 1.165) is 28.7 Å². The Bertz CT molecular complexity index is 1460. The lowest BCUT2D eigenvalue weighted by Gasteiger charge is -2.39. The van der Waals surface area contributed by atoms with Crippen LogP contribution in [-0.4, -0.2) is 28.5 Å². The Morgan fingerprint density at radius 2 is 1.53 bits per heavy atom. The van der Waals surface area contributed by atoms with E-state index in [1.54, 1.807) is 0 Å². The molecule has 4 aromatic rings. The zero-order valence-electron chi connectivity index (χ0n) is 20.9. The van der Waals surface area contributed by atoms with Gasteiger partial charge in [0.1, 0.15) is 6.54 Å². The third-order valence-electron chi connectivity index (χ3n) is 7.35. The number of hydrogen-bond acceptors (Lipinski definition) is 3. The molecule has 184 valence electrons. The van der Waals surface area contributed by atoms with Crippen LogP contribution >= 0.6 is 0 Å². The van der Waals surface area contributed by atoms with Crippen molar-refractivity contribution in [2.24, 2.45) is 0 Å². The van der Waals surface area contributed by atoms with Crippen molar-refractivity contribution in [2.75, 3.05) is 4.90 Å². The summed E-state index contributed by atoms with van der Waals surface area (Å²) < 4.78 is 1.94. The van der Waals surface area contributed by atoms with Gasteiger partial charge in [0.15, 0.2) is 5.43 Å². The van der Waals surface area contributed by atoms with Crippen molar-refractivity contribution < 1.29 is 9.59 Å². The molecule has 3 atom stereocenters. The van der Waals surface area contributed by atoms with Gasteiger partial charge in [-0.05, 0) is 62.6 Å². The molecule has 0 spiro atoms. The zero-order chi connectivity index (χ0) is 25.4. The minimum Gasteiger partial charge on any atom is -0.353 e. The van der Waals surface area contributed by atoms with Gasteiger partial charge in [-0.3, -0.25) is 14.4 Å². The number of nitrogens with zero attached hydrogens (tertiary/aromatic N) is 2. The van der Waals surface area contributed by atoms with Crippen molar-refractivity contribution in [1.29, 1.82) is 0 Å². The molecule has 1 aromatic heterocycles. The molecule has 0 unspecified atom stereocenters. The summed E-state index contributed by atoms with van der Waals surface area (Å²) in [5, 5.41) is 4.30. The number of anilines is 1. The van der Waals surface area contributed by atoms with Crippen molar-refractivity contribution in [3.05, 3.63) is 88.6 Å². The lowest BCUT2D eigenvalue weighted by Crippen LogP contribution is -2.48. The van der Waals surface area contributed by atoms with E-state index >= 15 is 0 Å². The minimum absolute atomic E-state index is 0.00754. The van der Waals surface area contributed by atoms with Gasteiger partial charge in [0, 0.05) is 28.5 Å². The van der Waals surface area contributed by atoms with Crippen molar-refractivity contribution in [2.45, 2.75) is 58.2 Å². The molecule has 6 nitrogen and oxygen atoms in total. The van der Waals surface area contributed by atoms with E-state index in [0.29, 0.717) is 17.2 Å². The first-order valence-electron chi connectivity index (χ1n) is 12.6. The molecule has 0 fully saturated rings. The molecule has 36 heavy (non-hydrogen) atoms. The molecule has 6 heteroatoms. The fourth-order valence-corrected chi connectivity index (χ4v) is 5.35. The first-order valence-corrected chi connectivity index (χ1v) is 12.6. The van der Waals surface area contributed by atoms with Crippen LogP contribution in [0.2, 0.25) is 0 Å². The first kappa shape index (κ1) is 23.8. The normalized spacial score (nSPS) is 18.1. The summed E-state index contributed by atoms with van der Waals surface area (Å²) in [6.07, 6.45) is 1.41. The van der Waals surface area contributed by atoms with Gasteiger partial charge in [0.2, 0.25) is 11.8 Å². The average Bonchev–Trinajstić information content (AvgIpc) is 2.90. The van der Waals surface area contributed by atoms with E-state index in [1.165, 1.54) is 0 Å². The Morgan fingerprint density at radius 3 is 2.17 bits per heavy atom. The molecule has 1 aliphatic rings. The van der Waals surface area contributed by atoms with Gasteiger partial charge in [-0.1, -0.05) is 49.4 Å².